The Morgan fingerprint density at radius 1 is 1.41 bits per heavy atom. The van der Waals surface area contributed by atoms with Crippen LogP contribution in [0.15, 0.2) is 10.5 Å². The zero-order chi connectivity index (χ0) is 13.1. The zero-order valence-electron chi connectivity index (χ0n) is 11.0. The molecule has 0 atom stereocenters. The first-order chi connectivity index (χ1) is 7.91. The standard InChI is InChI=1S/C13H21NO3/c1-5-13(16,6-2)8-14-12(15)11-9(3)7-10(4)17-11/h7,16H,5-6,8H2,1-4H3,(H,14,15). The lowest BCUT2D eigenvalue weighted by Gasteiger charge is -2.25. The first kappa shape index (κ1) is 13.8. The van der Waals surface area contributed by atoms with Crippen LogP contribution in [0, 0.1) is 13.8 Å². The summed E-state index contributed by atoms with van der Waals surface area (Å²) in [6, 6.07) is 1.82. The minimum absolute atomic E-state index is 0.248. The molecule has 2 N–H and O–H groups in total. The smallest absolute Gasteiger partial charge is 0.287 e. The van der Waals surface area contributed by atoms with Gasteiger partial charge in [-0.1, -0.05) is 13.8 Å². The summed E-state index contributed by atoms with van der Waals surface area (Å²) in [7, 11) is 0. The monoisotopic (exact) mass is 239 g/mol. The molecule has 0 aliphatic carbocycles. The minimum atomic E-state index is -0.828. The average molecular weight is 239 g/mol. The van der Waals surface area contributed by atoms with Crippen LogP contribution in [0.25, 0.3) is 0 Å². The van der Waals surface area contributed by atoms with Crippen molar-refractivity contribution < 1.29 is 14.3 Å². The van der Waals surface area contributed by atoms with Gasteiger partial charge in [-0.3, -0.25) is 4.79 Å². The normalized spacial score (nSPS) is 11.6. The highest BCUT2D eigenvalue weighted by molar-refractivity contribution is 5.92. The molecular weight excluding hydrogens is 218 g/mol. The molecule has 0 radical (unpaired) electrons. The van der Waals surface area contributed by atoms with Crippen LogP contribution >= 0.6 is 0 Å². The van der Waals surface area contributed by atoms with Gasteiger partial charge in [0, 0.05) is 12.1 Å². The van der Waals surface area contributed by atoms with Crippen LogP contribution in [-0.2, 0) is 0 Å². The van der Waals surface area contributed by atoms with E-state index >= 15 is 0 Å². The molecule has 0 aromatic carbocycles. The van der Waals surface area contributed by atoms with Crippen molar-refractivity contribution in [3.05, 3.63) is 23.2 Å². The highest BCUT2D eigenvalue weighted by Gasteiger charge is 2.24. The van der Waals surface area contributed by atoms with E-state index in [0.717, 1.165) is 5.56 Å². The molecule has 0 aliphatic rings. The molecule has 1 amide bonds. The van der Waals surface area contributed by atoms with Gasteiger partial charge in [-0.05, 0) is 32.8 Å². The van der Waals surface area contributed by atoms with Crippen LogP contribution in [-0.4, -0.2) is 23.2 Å². The maximum Gasteiger partial charge on any atom is 0.287 e. The fourth-order valence-electron chi connectivity index (χ4n) is 1.69. The molecule has 0 saturated heterocycles. The fraction of sp³-hybridized carbons (Fsp3) is 0.615. The number of carbonyl (C=O) groups excluding carboxylic acids is 1. The molecule has 1 aromatic heterocycles. The summed E-state index contributed by atoms with van der Waals surface area (Å²) in [6.45, 7) is 7.68. The first-order valence-corrected chi connectivity index (χ1v) is 5.99. The summed E-state index contributed by atoms with van der Waals surface area (Å²) in [5, 5.41) is 12.8. The summed E-state index contributed by atoms with van der Waals surface area (Å²) in [4.78, 5) is 11.8. The van der Waals surface area contributed by atoms with Crippen LogP contribution in [0.3, 0.4) is 0 Å². The number of carbonyl (C=O) groups is 1. The molecule has 0 spiro atoms. The number of aryl methyl sites for hydroxylation is 2. The largest absolute Gasteiger partial charge is 0.456 e. The van der Waals surface area contributed by atoms with Crippen LogP contribution in [0.2, 0.25) is 0 Å². The molecule has 4 heteroatoms. The molecule has 0 unspecified atom stereocenters. The summed E-state index contributed by atoms with van der Waals surface area (Å²) in [5.41, 5.74) is -0.0119. The predicted molar refractivity (Wildman–Crippen MR) is 66.0 cm³/mol. The predicted octanol–water partition coefficient (Wildman–Crippen LogP) is 2.18. The number of amides is 1. The summed E-state index contributed by atoms with van der Waals surface area (Å²) < 4.78 is 5.31. The van der Waals surface area contributed by atoms with Gasteiger partial charge in [-0.25, -0.2) is 0 Å². The summed E-state index contributed by atoms with van der Waals surface area (Å²) >= 11 is 0. The fourth-order valence-corrected chi connectivity index (χ4v) is 1.69. The molecule has 0 bridgehead atoms. The second kappa shape index (κ2) is 5.36. The van der Waals surface area contributed by atoms with Gasteiger partial charge in [-0.15, -0.1) is 0 Å². The summed E-state index contributed by atoms with van der Waals surface area (Å²) in [6.07, 6.45) is 1.22. The molecule has 0 saturated carbocycles. The number of hydrogen-bond acceptors (Lipinski definition) is 3. The Morgan fingerprint density at radius 2 is 2.00 bits per heavy atom. The Bertz CT molecular complexity index is 391. The minimum Gasteiger partial charge on any atom is -0.456 e. The molecule has 1 aromatic rings. The van der Waals surface area contributed by atoms with Crippen molar-refractivity contribution in [2.24, 2.45) is 0 Å². The van der Waals surface area contributed by atoms with Crippen LogP contribution < -0.4 is 5.32 Å². The quantitative estimate of drug-likeness (QED) is 0.827. The first-order valence-electron chi connectivity index (χ1n) is 5.99. The number of furan rings is 1. The average Bonchev–Trinajstić information content (AvgIpc) is 2.65. The Hall–Kier alpha value is -1.29. The topological polar surface area (TPSA) is 62.5 Å². The van der Waals surface area contributed by atoms with Crippen molar-refractivity contribution in [3.8, 4) is 0 Å². The van der Waals surface area contributed by atoms with Crippen molar-refractivity contribution in [2.75, 3.05) is 6.54 Å². The lowest BCUT2D eigenvalue weighted by molar-refractivity contribution is 0.0309. The molecule has 0 aliphatic heterocycles. The second-order valence-electron chi connectivity index (χ2n) is 4.48. The van der Waals surface area contributed by atoms with E-state index in [0.29, 0.717) is 24.4 Å². The van der Waals surface area contributed by atoms with Crippen molar-refractivity contribution in [2.45, 2.75) is 46.1 Å². The molecule has 4 nitrogen and oxygen atoms in total. The number of hydrogen-bond donors (Lipinski definition) is 2. The maximum absolute atomic E-state index is 11.8. The number of nitrogens with one attached hydrogen (secondary N) is 1. The van der Waals surface area contributed by atoms with E-state index in [9.17, 15) is 9.90 Å². The third kappa shape index (κ3) is 3.33. The van der Waals surface area contributed by atoms with E-state index in [1.165, 1.54) is 0 Å². The van der Waals surface area contributed by atoms with Gasteiger partial charge < -0.3 is 14.8 Å². The van der Waals surface area contributed by atoms with E-state index in [-0.39, 0.29) is 12.5 Å². The third-order valence-electron chi connectivity index (χ3n) is 3.14. The second-order valence-corrected chi connectivity index (χ2v) is 4.48. The van der Waals surface area contributed by atoms with E-state index in [1.807, 2.05) is 26.8 Å². The highest BCUT2D eigenvalue weighted by Crippen LogP contribution is 2.15. The van der Waals surface area contributed by atoms with Crippen LogP contribution in [0.4, 0.5) is 0 Å². The maximum atomic E-state index is 11.8. The van der Waals surface area contributed by atoms with Crippen LogP contribution in [0.1, 0.15) is 48.6 Å². The number of rotatable bonds is 5. The summed E-state index contributed by atoms with van der Waals surface area (Å²) in [5.74, 6) is 0.780. The Balaban J connectivity index is 2.65. The van der Waals surface area contributed by atoms with Gasteiger partial charge in [0.1, 0.15) is 5.76 Å². The lowest BCUT2D eigenvalue weighted by atomic mass is 9.97. The number of aliphatic hydroxyl groups is 1. The van der Waals surface area contributed by atoms with Gasteiger partial charge in [0.25, 0.3) is 5.91 Å². The van der Waals surface area contributed by atoms with Gasteiger partial charge >= 0.3 is 0 Å². The van der Waals surface area contributed by atoms with Crippen molar-refractivity contribution in [1.82, 2.24) is 5.32 Å². The molecule has 17 heavy (non-hydrogen) atoms. The van der Waals surface area contributed by atoms with Crippen molar-refractivity contribution in [1.29, 1.82) is 0 Å². The van der Waals surface area contributed by atoms with Gasteiger partial charge in [0.15, 0.2) is 5.76 Å². The molecule has 0 fully saturated rings. The molecule has 1 heterocycles. The van der Waals surface area contributed by atoms with Crippen LogP contribution in [0.5, 0.6) is 0 Å². The van der Waals surface area contributed by atoms with E-state index < -0.39 is 5.60 Å². The Morgan fingerprint density at radius 3 is 2.41 bits per heavy atom. The Labute approximate surface area is 102 Å². The van der Waals surface area contributed by atoms with E-state index in [4.69, 9.17) is 4.42 Å². The molecule has 1 rings (SSSR count). The molecular formula is C13H21NO3. The van der Waals surface area contributed by atoms with E-state index in [2.05, 4.69) is 5.32 Å². The Kier molecular flexibility index (Phi) is 4.34. The SMILES string of the molecule is CCC(O)(CC)CNC(=O)c1oc(C)cc1C. The van der Waals surface area contributed by atoms with Gasteiger partial charge in [-0.2, -0.15) is 0 Å². The third-order valence-corrected chi connectivity index (χ3v) is 3.14. The van der Waals surface area contributed by atoms with Crippen molar-refractivity contribution >= 4 is 5.91 Å². The van der Waals surface area contributed by atoms with Gasteiger partial charge in [0.2, 0.25) is 0 Å². The van der Waals surface area contributed by atoms with Gasteiger partial charge in [0.05, 0.1) is 5.60 Å². The van der Waals surface area contributed by atoms with E-state index in [1.54, 1.807) is 6.92 Å². The molecule has 96 valence electrons. The zero-order valence-corrected chi connectivity index (χ0v) is 11.0. The lowest BCUT2D eigenvalue weighted by Crippen LogP contribution is -2.42. The van der Waals surface area contributed by atoms with Crippen molar-refractivity contribution in [3.63, 3.8) is 0 Å². The highest BCUT2D eigenvalue weighted by atomic mass is 16.4.